The summed E-state index contributed by atoms with van der Waals surface area (Å²) in [6.07, 6.45) is 4.80. The van der Waals surface area contributed by atoms with E-state index in [2.05, 4.69) is 37.1 Å². The van der Waals surface area contributed by atoms with Gasteiger partial charge in [0.15, 0.2) is 0 Å². The smallest absolute Gasteiger partial charge is 0.250 e. The minimum Gasteiger partial charge on any atom is -0.373 e. The second-order valence-corrected chi connectivity index (χ2v) is 8.29. The topological polar surface area (TPSA) is 124 Å². The van der Waals surface area contributed by atoms with E-state index in [9.17, 15) is 10.1 Å². The van der Waals surface area contributed by atoms with Crippen molar-refractivity contribution in [1.82, 2.24) is 25.0 Å². The molecule has 0 spiro atoms. The Balaban J connectivity index is 1.62. The molecule has 1 unspecified atom stereocenters. The minimum atomic E-state index is -0.296. The maximum atomic E-state index is 11.8. The van der Waals surface area contributed by atoms with Crippen LogP contribution in [0.2, 0.25) is 5.02 Å². The van der Waals surface area contributed by atoms with Gasteiger partial charge in [-0.2, -0.15) is 20.7 Å². The van der Waals surface area contributed by atoms with E-state index in [4.69, 9.17) is 11.6 Å². The summed E-state index contributed by atoms with van der Waals surface area (Å²) in [6, 6.07) is 18.5. The third-order valence-corrected chi connectivity index (χ3v) is 5.86. The summed E-state index contributed by atoms with van der Waals surface area (Å²) in [7, 11) is 1.66. The molecule has 2 aromatic carbocycles. The molecule has 0 aliphatic rings. The van der Waals surface area contributed by atoms with Crippen LogP contribution >= 0.6 is 11.6 Å². The molecule has 0 saturated carbocycles. The second-order valence-electron chi connectivity index (χ2n) is 7.89. The fourth-order valence-corrected chi connectivity index (χ4v) is 4.13. The van der Waals surface area contributed by atoms with E-state index in [1.54, 1.807) is 31.6 Å². The molecular weight excluding hydrogens is 464 g/mol. The molecule has 0 amide bonds. The number of halogens is 1. The number of aryl methyl sites for hydroxylation is 1. The Morgan fingerprint density at radius 2 is 1.94 bits per heavy atom. The van der Waals surface area contributed by atoms with Crippen molar-refractivity contribution >= 4 is 39.6 Å². The lowest BCUT2D eigenvalue weighted by atomic mass is 10.0. The number of pyridine rings is 2. The Morgan fingerprint density at radius 1 is 1.11 bits per heavy atom. The SMILES string of the molecule is Cn1cc(Nc2c(C#N)cnc3c(Cl)cc(NC(c4ccccc4)c4cn[nH]n4)cc23)ccc1=O. The number of nitriles is 1. The highest BCUT2D eigenvalue weighted by Crippen LogP contribution is 2.36. The number of benzene rings is 2. The van der Waals surface area contributed by atoms with Crippen LogP contribution in [0.5, 0.6) is 0 Å². The lowest BCUT2D eigenvalue weighted by Gasteiger charge is -2.20. The molecule has 3 N–H and O–H groups in total. The molecule has 3 aromatic heterocycles. The zero-order valence-electron chi connectivity index (χ0n) is 18.5. The molecule has 35 heavy (non-hydrogen) atoms. The van der Waals surface area contributed by atoms with Crippen molar-refractivity contribution in [3.05, 3.63) is 105 Å². The molecule has 1 atom stereocenters. The summed E-state index contributed by atoms with van der Waals surface area (Å²) in [5.74, 6) is 0. The highest BCUT2D eigenvalue weighted by atomic mass is 35.5. The number of fused-ring (bicyclic) bond motifs is 1. The summed E-state index contributed by atoms with van der Waals surface area (Å²) in [6.45, 7) is 0. The number of hydrogen-bond donors (Lipinski definition) is 3. The molecule has 0 aliphatic heterocycles. The van der Waals surface area contributed by atoms with Gasteiger partial charge in [0.05, 0.1) is 39.7 Å². The lowest BCUT2D eigenvalue weighted by Crippen LogP contribution is -2.14. The normalized spacial score (nSPS) is 11.7. The molecule has 0 saturated heterocycles. The van der Waals surface area contributed by atoms with Crippen LogP contribution in [0.15, 0.2) is 78.0 Å². The van der Waals surface area contributed by atoms with Crippen molar-refractivity contribution < 1.29 is 0 Å². The Kier molecular flexibility index (Phi) is 5.87. The summed E-state index contributed by atoms with van der Waals surface area (Å²) in [5, 5.41) is 28.5. The first-order chi connectivity index (χ1) is 17.0. The fraction of sp³-hybridized carbons (Fsp3) is 0.0800. The van der Waals surface area contributed by atoms with Crippen LogP contribution in [-0.4, -0.2) is 25.0 Å². The van der Waals surface area contributed by atoms with Gasteiger partial charge in [-0.05, 0) is 23.8 Å². The van der Waals surface area contributed by atoms with E-state index in [0.717, 1.165) is 5.56 Å². The van der Waals surface area contributed by atoms with Gasteiger partial charge in [0.1, 0.15) is 11.8 Å². The van der Waals surface area contributed by atoms with Gasteiger partial charge in [-0.25, -0.2) is 0 Å². The molecular formula is C25H19ClN8O. The van der Waals surface area contributed by atoms with Crippen LogP contribution < -0.4 is 16.2 Å². The number of anilines is 3. The maximum Gasteiger partial charge on any atom is 0.250 e. The minimum absolute atomic E-state index is 0.134. The average Bonchev–Trinajstić information content (AvgIpc) is 3.40. The van der Waals surface area contributed by atoms with Gasteiger partial charge in [0.2, 0.25) is 5.56 Å². The van der Waals surface area contributed by atoms with Crippen molar-refractivity contribution in [3.8, 4) is 6.07 Å². The van der Waals surface area contributed by atoms with Gasteiger partial charge in [-0.15, -0.1) is 0 Å². The predicted molar refractivity (Wildman–Crippen MR) is 135 cm³/mol. The highest BCUT2D eigenvalue weighted by molar-refractivity contribution is 6.36. The Hall–Kier alpha value is -4.68. The van der Waals surface area contributed by atoms with Gasteiger partial charge in [0.25, 0.3) is 0 Å². The van der Waals surface area contributed by atoms with Crippen molar-refractivity contribution in [2.75, 3.05) is 10.6 Å². The summed E-state index contributed by atoms with van der Waals surface area (Å²) in [5.41, 5.74) is 4.35. The zero-order chi connectivity index (χ0) is 24.4. The fourth-order valence-electron chi connectivity index (χ4n) is 3.86. The number of aromatic amines is 1. The number of H-pyrrole nitrogens is 1. The monoisotopic (exact) mass is 482 g/mol. The van der Waals surface area contributed by atoms with Gasteiger partial charge >= 0.3 is 0 Å². The molecule has 0 radical (unpaired) electrons. The second kappa shape index (κ2) is 9.29. The first kappa shape index (κ1) is 22.1. The Morgan fingerprint density at radius 3 is 2.66 bits per heavy atom. The predicted octanol–water partition coefficient (Wildman–Crippen LogP) is 4.52. The number of aromatic nitrogens is 5. The number of nitrogens with zero attached hydrogens (tertiary/aromatic N) is 5. The van der Waals surface area contributed by atoms with Crippen LogP contribution in [0, 0.1) is 11.3 Å². The molecule has 0 bridgehead atoms. The molecule has 5 rings (SSSR count). The maximum absolute atomic E-state index is 11.8. The highest BCUT2D eigenvalue weighted by Gasteiger charge is 2.19. The van der Waals surface area contributed by atoms with E-state index in [1.165, 1.54) is 16.8 Å². The Labute approximate surface area is 205 Å². The standard InChI is InChI=1S/C25H19ClN8O/c1-34-14-17(7-8-22(34)35)30-23-16(11-27)12-28-25-19(23)9-18(10-20(25)26)31-24(21-13-29-33-32-21)15-5-3-2-4-6-15/h2-10,12-14,24,31H,1H3,(H,28,30)(H,29,32,33). The van der Waals surface area contributed by atoms with E-state index < -0.39 is 0 Å². The van der Waals surface area contributed by atoms with Crippen LogP contribution in [0.1, 0.15) is 22.9 Å². The molecule has 172 valence electrons. The number of nitrogens with one attached hydrogen (secondary N) is 3. The van der Waals surface area contributed by atoms with Crippen LogP contribution in [0.4, 0.5) is 17.1 Å². The molecule has 10 heteroatoms. The van der Waals surface area contributed by atoms with Gasteiger partial charge in [-0.3, -0.25) is 9.78 Å². The first-order valence-electron chi connectivity index (χ1n) is 10.7. The zero-order valence-corrected chi connectivity index (χ0v) is 19.3. The van der Waals surface area contributed by atoms with E-state index in [-0.39, 0.29) is 11.6 Å². The van der Waals surface area contributed by atoms with Gasteiger partial charge in [0, 0.05) is 36.6 Å². The van der Waals surface area contributed by atoms with Crippen LogP contribution in [0.25, 0.3) is 10.9 Å². The summed E-state index contributed by atoms with van der Waals surface area (Å²) in [4.78, 5) is 16.2. The van der Waals surface area contributed by atoms with E-state index >= 15 is 0 Å². The van der Waals surface area contributed by atoms with Crippen LogP contribution in [0.3, 0.4) is 0 Å². The van der Waals surface area contributed by atoms with Crippen molar-refractivity contribution in [2.24, 2.45) is 7.05 Å². The number of rotatable bonds is 6. The van der Waals surface area contributed by atoms with Gasteiger partial charge < -0.3 is 15.2 Å². The van der Waals surface area contributed by atoms with Crippen molar-refractivity contribution in [2.45, 2.75) is 6.04 Å². The van der Waals surface area contributed by atoms with Crippen molar-refractivity contribution in [3.63, 3.8) is 0 Å². The van der Waals surface area contributed by atoms with E-state index in [1.807, 2.05) is 36.4 Å². The van der Waals surface area contributed by atoms with Crippen molar-refractivity contribution in [1.29, 1.82) is 5.26 Å². The summed E-state index contributed by atoms with van der Waals surface area (Å²) >= 11 is 6.64. The number of hydrogen-bond acceptors (Lipinski definition) is 7. The van der Waals surface area contributed by atoms with Crippen LogP contribution in [-0.2, 0) is 7.05 Å². The molecule has 0 aliphatic carbocycles. The third kappa shape index (κ3) is 4.43. The third-order valence-electron chi connectivity index (χ3n) is 5.57. The molecule has 9 nitrogen and oxygen atoms in total. The van der Waals surface area contributed by atoms with E-state index in [0.29, 0.717) is 44.2 Å². The van der Waals surface area contributed by atoms with Gasteiger partial charge in [-0.1, -0.05) is 41.9 Å². The molecule has 0 fully saturated rings. The lowest BCUT2D eigenvalue weighted by molar-refractivity contribution is 0.852. The average molecular weight is 483 g/mol. The first-order valence-corrected chi connectivity index (χ1v) is 11.0. The summed E-state index contributed by atoms with van der Waals surface area (Å²) < 4.78 is 1.46. The molecule has 3 heterocycles. The Bertz CT molecular complexity index is 1610. The largest absolute Gasteiger partial charge is 0.373 e. The molecule has 5 aromatic rings. The quantitative estimate of drug-likeness (QED) is 0.325.